The van der Waals surface area contributed by atoms with E-state index < -0.39 is 24.0 Å². The molecule has 2 aliphatic heterocycles. The zero-order valence-electron chi connectivity index (χ0n) is 21.5. The van der Waals surface area contributed by atoms with Crippen LogP contribution >= 0.6 is 0 Å². The van der Waals surface area contributed by atoms with Gasteiger partial charge >= 0.3 is 5.97 Å². The molecular formula is C28H29NO8. The van der Waals surface area contributed by atoms with Crippen molar-refractivity contribution in [2.45, 2.75) is 39.5 Å². The molecule has 0 amide bonds. The highest BCUT2D eigenvalue weighted by molar-refractivity contribution is 6.41. The van der Waals surface area contributed by atoms with Gasteiger partial charge in [0.25, 0.3) is 0 Å². The van der Waals surface area contributed by atoms with E-state index in [2.05, 4.69) is 0 Å². The van der Waals surface area contributed by atoms with Gasteiger partial charge in [-0.1, -0.05) is 32.4 Å². The molecule has 2 aromatic carbocycles. The van der Waals surface area contributed by atoms with Crippen LogP contribution < -0.4 is 9.47 Å². The molecule has 37 heavy (non-hydrogen) atoms. The van der Waals surface area contributed by atoms with Crippen molar-refractivity contribution < 1.29 is 38.1 Å². The van der Waals surface area contributed by atoms with Crippen molar-refractivity contribution in [2.24, 2.45) is 5.92 Å². The molecule has 3 aliphatic rings. The second-order valence-electron chi connectivity index (χ2n) is 9.42. The van der Waals surface area contributed by atoms with Gasteiger partial charge in [0.05, 0.1) is 11.1 Å². The monoisotopic (exact) mass is 507 g/mol. The van der Waals surface area contributed by atoms with Crippen LogP contribution in [0, 0.1) is 12.8 Å². The van der Waals surface area contributed by atoms with E-state index in [1.807, 2.05) is 26.8 Å². The highest BCUT2D eigenvalue weighted by Gasteiger charge is 2.55. The van der Waals surface area contributed by atoms with Crippen molar-refractivity contribution in [1.82, 2.24) is 4.90 Å². The Morgan fingerprint density at radius 2 is 1.68 bits per heavy atom. The smallest absolute Gasteiger partial charge is 0.331 e. The topological polar surface area (TPSA) is 101 Å². The molecule has 2 aromatic rings. The number of Topliss-reactive ketones (excluding diaryl/α,β-unsaturated/α-hetero) is 2. The number of carbonyl (C=O) groups excluding carboxylic acids is 3. The van der Waals surface area contributed by atoms with E-state index in [0.29, 0.717) is 23.3 Å². The van der Waals surface area contributed by atoms with Gasteiger partial charge in [0.2, 0.25) is 12.0 Å². The van der Waals surface area contributed by atoms with Gasteiger partial charge in [-0.15, -0.1) is 0 Å². The number of hydrogen-bond acceptors (Lipinski definition) is 9. The number of rotatable bonds is 8. The Labute approximate surface area is 214 Å². The minimum atomic E-state index is -0.879. The van der Waals surface area contributed by atoms with Crippen LogP contribution in [-0.2, 0) is 19.0 Å². The average Bonchev–Trinajstić information content (AvgIpc) is 3.24. The number of aryl methyl sites for hydroxylation is 1. The van der Waals surface area contributed by atoms with Crippen molar-refractivity contribution in [2.75, 3.05) is 27.8 Å². The molecule has 1 aliphatic carbocycles. The van der Waals surface area contributed by atoms with E-state index in [4.69, 9.17) is 23.7 Å². The number of methoxy groups -OCH3 is 2. The second-order valence-corrected chi connectivity index (χ2v) is 9.42. The standard InChI is InChI=1S/C28H29NO8/c1-6-15(3)23-28(32)37-27-17-10-14(2)11-19(36-13-34-5)20(17)22-24(29(23)27)26(31)21-16(25(22)30)8-7-9-18(21)35-12-33-4/h7-11,15,23,27H,6,12-13H2,1-5H3/t15?,23-,27-/m0/s1. The third kappa shape index (κ3) is 3.81. The molecule has 3 atom stereocenters. The van der Waals surface area contributed by atoms with Gasteiger partial charge in [0.15, 0.2) is 19.4 Å². The van der Waals surface area contributed by atoms with E-state index in [1.165, 1.54) is 14.2 Å². The van der Waals surface area contributed by atoms with Crippen LogP contribution in [0.5, 0.6) is 11.5 Å². The Morgan fingerprint density at radius 1 is 0.973 bits per heavy atom. The van der Waals surface area contributed by atoms with E-state index in [9.17, 15) is 14.4 Å². The van der Waals surface area contributed by atoms with Gasteiger partial charge in [-0.25, -0.2) is 4.79 Å². The molecule has 1 saturated heterocycles. The summed E-state index contributed by atoms with van der Waals surface area (Å²) in [5, 5.41) is 0. The molecule has 0 aromatic heterocycles. The molecular weight excluding hydrogens is 478 g/mol. The van der Waals surface area contributed by atoms with Gasteiger partial charge in [-0.3, -0.25) is 9.59 Å². The van der Waals surface area contributed by atoms with Crippen molar-refractivity contribution >= 4 is 23.1 Å². The minimum absolute atomic E-state index is 0.0596. The van der Waals surface area contributed by atoms with Crippen LogP contribution in [0.15, 0.2) is 36.0 Å². The number of hydrogen-bond donors (Lipinski definition) is 0. The fourth-order valence-corrected chi connectivity index (χ4v) is 5.32. The summed E-state index contributed by atoms with van der Waals surface area (Å²) in [6.45, 7) is 5.64. The first-order valence-corrected chi connectivity index (χ1v) is 12.2. The summed E-state index contributed by atoms with van der Waals surface area (Å²) in [6, 6.07) is 7.81. The second kappa shape index (κ2) is 9.64. The van der Waals surface area contributed by atoms with Gasteiger partial charge < -0.3 is 28.6 Å². The number of benzene rings is 2. The maximum Gasteiger partial charge on any atom is 0.331 e. The number of ether oxygens (including phenoxy) is 5. The number of ketones is 2. The van der Waals surface area contributed by atoms with Crippen molar-refractivity contribution in [3.05, 3.63) is 63.8 Å². The third-order valence-electron chi connectivity index (χ3n) is 7.10. The Morgan fingerprint density at radius 3 is 2.35 bits per heavy atom. The quantitative estimate of drug-likeness (QED) is 0.387. The van der Waals surface area contributed by atoms with Gasteiger partial charge in [-0.2, -0.15) is 0 Å². The van der Waals surface area contributed by atoms with Crippen LogP contribution in [0.4, 0.5) is 0 Å². The fraction of sp³-hybridized carbons (Fsp3) is 0.393. The fourth-order valence-electron chi connectivity index (χ4n) is 5.32. The molecule has 1 unspecified atom stereocenters. The Hall–Kier alpha value is -3.69. The Balaban J connectivity index is 1.81. The van der Waals surface area contributed by atoms with Crippen LogP contribution in [0.3, 0.4) is 0 Å². The van der Waals surface area contributed by atoms with E-state index in [-0.39, 0.29) is 53.4 Å². The van der Waals surface area contributed by atoms with Crippen molar-refractivity contribution in [1.29, 1.82) is 0 Å². The molecule has 0 saturated carbocycles. The molecule has 0 radical (unpaired) electrons. The summed E-state index contributed by atoms with van der Waals surface area (Å²) in [6.07, 6.45) is -0.203. The average molecular weight is 508 g/mol. The first kappa shape index (κ1) is 25.0. The number of esters is 1. The molecule has 9 heteroatoms. The number of allylic oxidation sites excluding steroid dienone is 2. The molecule has 0 spiro atoms. The summed E-state index contributed by atoms with van der Waals surface area (Å²) in [5.41, 5.74) is 2.54. The SMILES string of the molecule is CCC(C)[C@H]1C(=O)O[C@H]2c3cc(C)cc(OCOC)c3C3=C(C(=O)c4c(OCOC)cccc4C3=O)N12. The third-order valence-corrected chi connectivity index (χ3v) is 7.10. The summed E-state index contributed by atoms with van der Waals surface area (Å²) in [5.74, 6) is -0.736. The number of fused-ring (bicyclic) bond motifs is 6. The largest absolute Gasteiger partial charge is 0.467 e. The predicted octanol–water partition coefficient (Wildman–Crippen LogP) is 4.04. The van der Waals surface area contributed by atoms with E-state index in [1.54, 1.807) is 29.2 Å². The maximum atomic E-state index is 14.3. The molecule has 0 N–H and O–H groups in total. The zero-order chi connectivity index (χ0) is 26.4. The predicted molar refractivity (Wildman–Crippen MR) is 132 cm³/mol. The lowest BCUT2D eigenvalue weighted by molar-refractivity contribution is -0.143. The minimum Gasteiger partial charge on any atom is -0.467 e. The van der Waals surface area contributed by atoms with E-state index in [0.717, 1.165) is 5.56 Å². The van der Waals surface area contributed by atoms with Crippen molar-refractivity contribution in [3.8, 4) is 11.5 Å². The Bertz CT molecular complexity index is 1330. The molecule has 0 bridgehead atoms. The molecule has 2 heterocycles. The molecule has 1 fully saturated rings. The van der Waals surface area contributed by atoms with Gasteiger partial charge in [0, 0.05) is 30.9 Å². The zero-order valence-corrected chi connectivity index (χ0v) is 21.5. The first-order chi connectivity index (χ1) is 17.8. The van der Waals surface area contributed by atoms with Crippen LogP contribution in [0.25, 0.3) is 5.57 Å². The lowest BCUT2D eigenvalue weighted by Gasteiger charge is -2.40. The summed E-state index contributed by atoms with van der Waals surface area (Å²) >= 11 is 0. The Kier molecular flexibility index (Phi) is 6.51. The van der Waals surface area contributed by atoms with Crippen LogP contribution in [-0.4, -0.2) is 56.3 Å². The number of nitrogens with zero attached hydrogens (tertiary/aromatic N) is 1. The van der Waals surface area contributed by atoms with E-state index >= 15 is 0 Å². The first-order valence-electron chi connectivity index (χ1n) is 12.2. The molecule has 5 rings (SSSR count). The molecule has 9 nitrogen and oxygen atoms in total. The highest BCUT2D eigenvalue weighted by Crippen LogP contribution is 2.53. The van der Waals surface area contributed by atoms with Crippen LogP contribution in [0.1, 0.15) is 63.9 Å². The normalized spacial score (nSPS) is 20.7. The molecule has 194 valence electrons. The maximum absolute atomic E-state index is 14.3. The van der Waals surface area contributed by atoms with Crippen molar-refractivity contribution in [3.63, 3.8) is 0 Å². The van der Waals surface area contributed by atoms with Gasteiger partial charge in [0.1, 0.15) is 23.2 Å². The lowest BCUT2D eigenvalue weighted by atomic mass is 9.77. The highest BCUT2D eigenvalue weighted by atomic mass is 16.7. The van der Waals surface area contributed by atoms with Crippen LogP contribution in [0.2, 0.25) is 0 Å². The number of carbonyl (C=O) groups is 3. The van der Waals surface area contributed by atoms with Gasteiger partial charge in [-0.05, 0) is 36.6 Å². The summed E-state index contributed by atoms with van der Waals surface area (Å²) in [4.78, 5) is 43.4. The summed E-state index contributed by atoms with van der Waals surface area (Å²) in [7, 11) is 2.97. The summed E-state index contributed by atoms with van der Waals surface area (Å²) < 4.78 is 27.6. The lowest BCUT2D eigenvalue weighted by Crippen LogP contribution is -2.45.